The number of hydrogen-bond donors (Lipinski definition) is 0. The minimum Gasteiger partial charge on any atom is -0.336 e. The lowest BCUT2D eigenvalue weighted by molar-refractivity contribution is -0.145. The van der Waals surface area contributed by atoms with E-state index in [1.807, 2.05) is 0 Å². The Bertz CT molecular complexity index is 879. The van der Waals surface area contributed by atoms with Crippen molar-refractivity contribution in [2.75, 3.05) is 41.3 Å². The molecule has 1 saturated heterocycles. The summed E-state index contributed by atoms with van der Waals surface area (Å²) in [6.07, 6.45) is 5.94. The van der Waals surface area contributed by atoms with Gasteiger partial charge in [0.15, 0.2) is 0 Å². The molecule has 1 aliphatic heterocycles. The predicted octanol–water partition coefficient (Wildman–Crippen LogP) is 4.71. The molecule has 1 amide bonds. The van der Waals surface area contributed by atoms with E-state index in [0.717, 1.165) is 51.6 Å². The van der Waals surface area contributed by atoms with Gasteiger partial charge in [-0.15, -0.1) is 0 Å². The van der Waals surface area contributed by atoms with Gasteiger partial charge >= 0.3 is 0 Å². The lowest BCUT2D eigenvalue weighted by Gasteiger charge is -2.54. The Morgan fingerprint density at radius 2 is 1.22 bits per heavy atom. The van der Waals surface area contributed by atoms with Crippen LogP contribution in [0.25, 0.3) is 0 Å². The molecule has 4 heteroatoms. The van der Waals surface area contributed by atoms with Gasteiger partial charge in [-0.05, 0) is 83.9 Å². The van der Waals surface area contributed by atoms with Gasteiger partial charge in [-0.2, -0.15) is 0 Å². The molecule has 2 aliphatic rings. The number of piperidine rings is 1. The number of carbonyl (C=O) groups excluding carboxylic acids is 1. The first-order valence-corrected chi connectivity index (χ1v) is 12.1. The van der Waals surface area contributed by atoms with Gasteiger partial charge < -0.3 is 9.80 Å². The van der Waals surface area contributed by atoms with Gasteiger partial charge in [0.05, 0.1) is 5.54 Å². The number of nitrogens with zero attached hydrogens (tertiary/aromatic N) is 3. The first kappa shape index (κ1) is 23.0. The molecular weight excluding hydrogens is 394 g/mol. The molecule has 0 spiro atoms. The van der Waals surface area contributed by atoms with E-state index in [1.165, 1.54) is 11.1 Å². The van der Waals surface area contributed by atoms with Crippen molar-refractivity contribution >= 4 is 5.91 Å². The van der Waals surface area contributed by atoms with Crippen LogP contribution >= 0.6 is 0 Å². The second-order valence-electron chi connectivity index (χ2n) is 10.2. The number of rotatable bonds is 5. The Hall–Kier alpha value is -2.17. The van der Waals surface area contributed by atoms with Gasteiger partial charge in [-0.3, -0.25) is 9.69 Å². The first-order valence-electron chi connectivity index (χ1n) is 12.1. The SMILES string of the molecule is CN1CCC(C(=O)N(C)C2(c3ccccc3)CCC(c3ccccc3)(N(C)C)CC2)CC1. The molecule has 2 fully saturated rings. The van der Waals surface area contributed by atoms with Gasteiger partial charge in [-0.1, -0.05) is 60.7 Å². The van der Waals surface area contributed by atoms with Gasteiger partial charge in [0.1, 0.15) is 0 Å². The Kier molecular flexibility index (Phi) is 6.73. The van der Waals surface area contributed by atoms with Crippen molar-refractivity contribution in [3.8, 4) is 0 Å². The maximum Gasteiger partial charge on any atom is 0.226 e. The van der Waals surface area contributed by atoms with Crippen molar-refractivity contribution < 1.29 is 4.79 Å². The number of hydrogen-bond acceptors (Lipinski definition) is 3. The van der Waals surface area contributed by atoms with Crippen LogP contribution in [0.2, 0.25) is 0 Å². The highest BCUT2D eigenvalue weighted by Crippen LogP contribution is 2.51. The quantitative estimate of drug-likeness (QED) is 0.683. The summed E-state index contributed by atoms with van der Waals surface area (Å²) in [6, 6.07) is 21.7. The van der Waals surface area contributed by atoms with Crippen LogP contribution in [0.15, 0.2) is 60.7 Å². The average Bonchev–Trinajstić information content (AvgIpc) is 2.84. The summed E-state index contributed by atoms with van der Waals surface area (Å²) >= 11 is 0. The molecule has 2 aromatic rings. The lowest BCUT2D eigenvalue weighted by atomic mass is 9.65. The summed E-state index contributed by atoms with van der Waals surface area (Å²) in [7, 11) is 8.63. The van der Waals surface area contributed by atoms with E-state index in [9.17, 15) is 4.79 Å². The van der Waals surface area contributed by atoms with Crippen LogP contribution in [0.5, 0.6) is 0 Å². The molecule has 172 valence electrons. The third kappa shape index (κ3) is 4.11. The molecule has 0 radical (unpaired) electrons. The number of amides is 1. The molecule has 0 aromatic heterocycles. The lowest BCUT2D eigenvalue weighted by Crippen LogP contribution is -2.56. The summed E-state index contributed by atoms with van der Waals surface area (Å²) in [6.45, 7) is 2.03. The molecule has 4 nitrogen and oxygen atoms in total. The monoisotopic (exact) mass is 433 g/mol. The molecule has 1 saturated carbocycles. The molecule has 0 N–H and O–H groups in total. The van der Waals surface area contributed by atoms with Crippen LogP contribution < -0.4 is 0 Å². The largest absolute Gasteiger partial charge is 0.336 e. The second kappa shape index (κ2) is 9.36. The van der Waals surface area contributed by atoms with E-state index in [-0.39, 0.29) is 17.0 Å². The van der Waals surface area contributed by atoms with Gasteiger partial charge in [0.2, 0.25) is 5.91 Å². The van der Waals surface area contributed by atoms with Crippen molar-refractivity contribution in [1.82, 2.24) is 14.7 Å². The smallest absolute Gasteiger partial charge is 0.226 e. The van der Waals surface area contributed by atoms with Crippen LogP contribution in [0, 0.1) is 5.92 Å². The third-order valence-electron chi connectivity index (χ3n) is 8.42. The molecule has 2 aromatic carbocycles. The molecule has 4 rings (SSSR count). The topological polar surface area (TPSA) is 26.8 Å². The molecule has 0 bridgehead atoms. The highest BCUT2D eigenvalue weighted by atomic mass is 16.2. The minimum atomic E-state index is -0.240. The normalized spacial score (nSPS) is 27.4. The van der Waals surface area contributed by atoms with E-state index in [2.05, 4.69) is 104 Å². The Morgan fingerprint density at radius 3 is 1.69 bits per heavy atom. The summed E-state index contributed by atoms with van der Waals surface area (Å²) in [5.74, 6) is 0.477. The molecule has 0 unspecified atom stereocenters. The Balaban J connectivity index is 1.65. The van der Waals surface area contributed by atoms with Crippen molar-refractivity contribution in [1.29, 1.82) is 0 Å². The molecule has 1 aliphatic carbocycles. The number of carbonyl (C=O) groups is 1. The van der Waals surface area contributed by atoms with Gasteiger partial charge in [-0.25, -0.2) is 0 Å². The Labute approximate surface area is 194 Å². The maximum atomic E-state index is 13.7. The zero-order valence-corrected chi connectivity index (χ0v) is 20.3. The number of benzene rings is 2. The van der Waals surface area contributed by atoms with Gasteiger partial charge in [0.25, 0.3) is 0 Å². The highest BCUT2D eigenvalue weighted by Gasteiger charge is 2.49. The predicted molar refractivity (Wildman–Crippen MR) is 131 cm³/mol. The van der Waals surface area contributed by atoms with E-state index in [1.54, 1.807) is 0 Å². The van der Waals surface area contributed by atoms with E-state index >= 15 is 0 Å². The number of likely N-dealkylation sites (tertiary alicyclic amines) is 1. The van der Waals surface area contributed by atoms with Gasteiger partial charge in [0, 0.05) is 18.5 Å². The average molecular weight is 434 g/mol. The molecule has 1 heterocycles. The van der Waals surface area contributed by atoms with Crippen LogP contribution in [-0.2, 0) is 15.9 Å². The van der Waals surface area contributed by atoms with E-state index in [4.69, 9.17) is 0 Å². The minimum absolute atomic E-state index is 0.0109. The standard InChI is InChI=1S/C28H39N3O/c1-29(2)27(24-11-7-5-8-12-24)17-19-28(20-18-27,25-13-9-6-10-14-25)31(4)26(32)23-15-21-30(3)22-16-23/h5-14,23H,15-22H2,1-4H3. The zero-order valence-electron chi connectivity index (χ0n) is 20.3. The van der Waals surface area contributed by atoms with Crippen LogP contribution in [0.1, 0.15) is 49.7 Å². The summed E-state index contributed by atoms with van der Waals surface area (Å²) in [5.41, 5.74) is 2.44. The summed E-state index contributed by atoms with van der Waals surface area (Å²) in [5, 5.41) is 0. The van der Waals surface area contributed by atoms with E-state index < -0.39 is 0 Å². The second-order valence-corrected chi connectivity index (χ2v) is 10.2. The molecule has 32 heavy (non-hydrogen) atoms. The summed E-state index contributed by atoms with van der Waals surface area (Å²) in [4.78, 5) is 20.6. The third-order valence-corrected chi connectivity index (χ3v) is 8.42. The van der Waals surface area contributed by atoms with Crippen LogP contribution in [-0.4, -0.2) is 61.9 Å². The van der Waals surface area contributed by atoms with Crippen molar-refractivity contribution in [2.24, 2.45) is 5.92 Å². The van der Waals surface area contributed by atoms with Crippen molar-refractivity contribution in [3.63, 3.8) is 0 Å². The van der Waals surface area contributed by atoms with Crippen molar-refractivity contribution in [2.45, 2.75) is 49.6 Å². The maximum absolute atomic E-state index is 13.7. The van der Waals surface area contributed by atoms with E-state index in [0.29, 0.717) is 5.91 Å². The fourth-order valence-corrected chi connectivity index (χ4v) is 6.13. The highest BCUT2D eigenvalue weighted by molar-refractivity contribution is 5.80. The summed E-state index contributed by atoms with van der Waals surface area (Å²) < 4.78 is 0. The molecular formula is C28H39N3O. The fraction of sp³-hybridized carbons (Fsp3) is 0.536. The Morgan fingerprint density at radius 1 is 0.781 bits per heavy atom. The first-order chi connectivity index (χ1) is 15.4. The molecule has 0 atom stereocenters. The van der Waals surface area contributed by atoms with Crippen LogP contribution in [0.4, 0.5) is 0 Å². The fourth-order valence-electron chi connectivity index (χ4n) is 6.13. The van der Waals surface area contributed by atoms with Crippen molar-refractivity contribution in [3.05, 3.63) is 71.8 Å². The van der Waals surface area contributed by atoms with Crippen LogP contribution in [0.3, 0.4) is 0 Å². The zero-order chi connectivity index (χ0) is 22.8.